The maximum Gasteiger partial charge on any atom is 0.268 e. The summed E-state index contributed by atoms with van der Waals surface area (Å²) in [6, 6.07) is 0.994. The number of halogens is 2. The minimum Gasteiger partial charge on any atom is -0.355 e. The normalized spacial score (nSPS) is 25.4. The number of aromatic amines is 1. The summed E-state index contributed by atoms with van der Waals surface area (Å²) >= 11 is 0. The molecule has 1 aromatic rings. The van der Waals surface area contributed by atoms with Crippen LogP contribution in [-0.4, -0.2) is 23.1 Å². The van der Waals surface area contributed by atoms with E-state index in [9.17, 15) is 13.6 Å². The van der Waals surface area contributed by atoms with Gasteiger partial charge in [0.15, 0.2) is 0 Å². The van der Waals surface area contributed by atoms with E-state index in [-0.39, 0.29) is 17.6 Å². The summed E-state index contributed by atoms with van der Waals surface area (Å²) in [5.41, 5.74) is 0.179. The molecule has 2 N–H and O–H groups in total. The van der Waals surface area contributed by atoms with Crippen molar-refractivity contribution in [3.05, 3.63) is 23.8 Å². The maximum atomic E-state index is 13.1. The Morgan fingerprint density at radius 2 is 2.31 bits per heavy atom. The zero-order chi connectivity index (χ0) is 11.5. The number of hydrogen-bond donors (Lipinski definition) is 2. The van der Waals surface area contributed by atoms with Crippen molar-refractivity contribution in [2.45, 2.75) is 37.9 Å². The molecule has 1 amide bonds. The maximum absolute atomic E-state index is 13.1. The quantitative estimate of drug-likeness (QED) is 0.800. The average Bonchev–Trinajstić information content (AvgIpc) is 2.65. The summed E-state index contributed by atoms with van der Waals surface area (Å²) in [7, 11) is 0. The minimum absolute atomic E-state index is 0.136. The lowest BCUT2D eigenvalue weighted by Crippen LogP contribution is -2.39. The fraction of sp³-hybridized carbons (Fsp3) is 0.545. The molecule has 1 aromatic heterocycles. The first-order chi connectivity index (χ1) is 7.65. The second kappa shape index (κ2) is 4.63. The number of carbonyl (C=O) groups is 1. The Bertz CT molecular complexity index is 378. The van der Waals surface area contributed by atoms with Gasteiger partial charge in [0.2, 0.25) is 0 Å². The van der Waals surface area contributed by atoms with Crippen molar-refractivity contribution < 1.29 is 13.6 Å². The predicted octanol–water partition coefficient (Wildman–Crippen LogP) is 2.16. The Labute approximate surface area is 92.2 Å². The molecule has 2 unspecified atom stereocenters. The monoisotopic (exact) mass is 228 g/mol. The number of nitrogens with one attached hydrogen (secondary N) is 2. The van der Waals surface area contributed by atoms with Gasteiger partial charge in [-0.15, -0.1) is 0 Å². The Kier molecular flexibility index (Phi) is 3.22. The van der Waals surface area contributed by atoms with Crippen molar-refractivity contribution in [2.75, 3.05) is 0 Å². The third-order valence-electron chi connectivity index (χ3n) is 2.84. The van der Waals surface area contributed by atoms with Gasteiger partial charge in [-0.1, -0.05) is 0 Å². The summed E-state index contributed by atoms with van der Waals surface area (Å²) in [4.78, 5) is 14.1. The van der Waals surface area contributed by atoms with Gasteiger partial charge < -0.3 is 10.3 Å². The van der Waals surface area contributed by atoms with Crippen molar-refractivity contribution >= 4 is 5.91 Å². The van der Waals surface area contributed by atoms with Crippen LogP contribution >= 0.6 is 0 Å². The lowest BCUT2D eigenvalue weighted by molar-refractivity contribution is 0.0908. The van der Waals surface area contributed by atoms with Crippen LogP contribution in [0, 0.1) is 5.82 Å². The van der Waals surface area contributed by atoms with Crippen LogP contribution in [0.4, 0.5) is 8.78 Å². The number of H-pyrrole nitrogens is 1. The van der Waals surface area contributed by atoms with Gasteiger partial charge in [0, 0.05) is 18.3 Å². The molecule has 0 aromatic carbocycles. The molecule has 88 valence electrons. The number of carbonyl (C=O) groups excluding carboxylic acids is 1. The van der Waals surface area contributed by atoms with Gasteiger partial charge in [-0.05, 0) is 25.7 Å². The molecule has 3 nitrogen and oxygen atoms in total. The molecule has 0 spiro atoms. The van der Waals surface area contributed by atoms with E-state index in [0.29, 0.717) is 12.8 Å². The lowest BCUT2D eigenvalue weighted by atomic mass is 9.94. The molecule has 1 aliphatic carbocycles. The molecule has 1 saturated carbocycles. The second-order valence-electron chi connectivity index (χ2n) is 4.17. The first-order valence-corrected chi connectivity index (χ1v) is 5.44. The number of hydrogen-bond acceptors (Lipinski definition) is 1. The molecule has 0 aliphatic heterocycles. The van der Waals surface area contributed by atoms with Crippen molar-refractivity contribution in [2.24, 2.45) is 0 Å². The molecular weight excluding hydrogens is 214 g/mol. The number of aromatic nitrogens is 1. The van der Waals surface area contributed by atoms with Crippen LogP contribution in [0.3, 0.4) is 0 Å². The van der Waals surface area contributed by atoms with Gasteiger partial charge in [-0.3, -0.25) is 4.79 Å². The highest BCUT2D eigenvalue weighted by atomic mass is 19.1. The van der Waals surface area contributed by atoms with Crippen LogP contribution in [0.15, 0.2) is 12.3 Å². The molecule has 0 saturated heterocycles. The molecule has 16 heavy (non-hydrogen) atoms. The van der Waals surface area contributed by atoms with Crippen LogP contribution in [0.5, 0.6) is 0 Å². The summed E-state index contributed by atoms with van der Waals surface area (Å²) in [5, 5.41) is 2.70. The van der Waals surface area contributed by atoms with Crippen molar-refractivity contribution in [1.82, 2.24) is 10.3 Å². The third kappa shape index (κ3) is 2.59. The van der Waals surface area contributed by atoms with Crippen LogP contribution < -0.4 is 5.32 Å². The highest BCUT2D eigenvalue weighted by Crippen LogP contribution is 2.21. The number of alkyl halides is 1. The van der Waals surface area contributed by atoms with E-state index in [2.05, 4.69) is 10.3 Å². The Hall–Kier alpha value is -1.39. The van der Waals surface area contributed by atoms with Crippen molar-refractivity contribution in [3.8, 4) is 0 Å². The van der Waals surface area contributed by atoms with E-state index in [1.165, 1.54) is 0 Å². The SMILES string of the molecule is O=C(NC1CCCC(F)C1)c1cc(F)c[nH]1. The molecular formula is C11H14F2N2O. The molecule has 1 heterocycles. The highest BCUT2D eigenvalue weighted by molar-refractivity contribution is 5.92. The van der Waals surface area contributed by atoms with Crippen LogP contribution in [0.2, 0.25) is 0 Å². The van der Waals surface area contributed by atoms with E-state index in [1.54, 1.807) is 0 Å². The van der Waals surface area contributed by atoms with E-state index >= 15 is 0 Å². The summed E-state index contributed by atoms with van der Waals surface area (Å²) < 4.78 is 25.7. The lowest BCUT2D eigenvalue weighted by Gasteiger charge is -2.25. The Morgan fingerprint density at radius 3 is 2.94 bits per heavy atom. The zero-order valence-electron chi connectivity index (χ0n) is 8.80. The van der Waals surface area contributed by atoms with Gasteiger partial charge in [0.05, 0.1) is 0 Å². The fourth-order valence-electron chi connectivity index (χ4n) is 2.02. The standard InChI is InChI=1S/C11H14F2N2O/c12-7-2-1-3-9(4-7)15-11(16)10-5-8(13)6-14-10/h5-7,9,14H,1-4H2,(H,15,16). The van der Waals surface area contributed by atoms with Gasteiger partial charge in [0.25, 0.3) is 5.91 Å². The number of amides is 1. The summed E-state index contributed by atoms with van der Waals surface area (Å²) in [5.74, 6) is -0.847. The largest absolute Gasteiger partial charge is 0.355 e. The number of rotatable bonds is 2. The van der Waals surface area contributed by atoms with Crippen LogP contribution in [-0.2, 0) is 0 Å². The molecule has 1 aliphatic rings. The van der Waals surface area contributed by atoms with E-state index in [1.807, 2.05) is 0 Å². The molecule has 1 fully saturated rings. The van der Waals surface area contributed by atoms with E-state index < -0.39 is 12.0 Å². The van der Waals surface area contributed by atoms with Gasteiger partial charge in [0.1, 0.15) is 17.7 Å². The Morgan fingerprint density at radius 1 is 1.50 bits per heavy atom. The van der Waals surface area contributed by atoms with Crippen molar-refractivity contribution in [1.29, 1.82) is 0 Å². The fourth-order valence-corrected chi connectivity index (χ4v) is 2.02. The van der Waals surface area contributed by atoms with E-state index in [0.717, 1.165) is 25.1 Å². The average molecular weight is 228 g/mol. The third-order valence-corrected chi connectivity index (χ3v) is 2.84. The van der Waals surface area contributed by atoms with Crippen LogP contribution in [0.25, 0.3) is 0 Å². The van der Waals surface area contributed by atoms with Gasteiger partial charge >= 0.3 is 0 Å². The summed E-state index contributed by atoms with van der Waals surface area (Å²) in [6.45, 7) is 0. The minimum atomic E-state index is -0.834. The van der Waals surface area contributed by atoms with Crippen LogP contribution in [0.1, 0.15) is 36.2 Å². The highest BCUT2D eigenvalue weighted by Gasteiger charge is 2.23. The first kappa shape index (κ1) is 11.1. The Balaban J connectivity index is 1.92. The predicted molar refractivity (Wildman–Crippen MR) is 55.4 cm³/mol. The summed E-state index contributed by atoms with van der Waals surface area (Å²) in [6.07, 6.45) is 2.78. The smallest absolute Gasteiger partial charge is 0.268 e. The zero-order valence-corrected chi connectivity index (χ0v) is 8.80. The van der Waals surface area contributed by atoms with E-state index in [4.69, 9.17) is 0 Å². The molecule has 0 radical (unpaired) electrons. The van der Waals surface area contributed by atoms with Gasteiger partial charge in [-0.25, -0.2) is 8.78 Å². The first-order valence-electron chi connectivity index (χ1n) is 5.44. The molecule has 5 heteroatoms. The second-order valence-corrected chi connectivity index (χ2v) is 4.17. The van der Waals surface area contributed by atoms with Crippen molar-refractivity contribution in [3.63, 3.8) is 0 Å². The topological polar surface area (TPSA) is 44.9 Å². The molecule has 2 atom stereocenters. The van der Waals surface area contributed by atoms with Gasteiger partial charge in [-0.2, -0.15) is 0 Å². The molecule has 2 rings (SSSR count). The molecule has 0 bridgehead atoms.